The summed E-state index contributed by atoms with van der Waals surface area (Å²) in [4.78, 5) is 0.923. The minimum atomic E-state index is 0.628. The molecule has 0 aliphatic carbocycles. The second-order valence-electron chi connectivity index (χ2n) is 5.49. The van der Waals surface area contributed by atoms with E-state index in [0.29, 0.717) is 12.1 Å². The summed E-state index contributed by atoms with van der Waals surface area (Å²) >= 11 is 4.33. The molecule has 0 saturated heterocycles. The number of nitrogens with one attached hydrogen (secondary N) is 2. The summed E-state index contributed by atoms with van der Waals surface area (Å²) in [6, 6.07) is 16.0. The molecule has 122 valence electrons. The van der Waals surface area contributed by atoms with Crippen LogP contribution < -0.4 is 5.32 Å². The third-order valence-electron chi connectivity index (χ3n) is 4.00. The van der Waals surface area contributed by atoms with Gasteiger partial charge in [-0.05, 0) is 42.8 Å². The molecule has 0 unspecified atom stereocenters. The molecule has 0 bridgehead atoms. The fourth-order valence-corrected chi connectivity index (χ4v) is 2.83. The summed E-state index contributed by atoms with van der Waals surface area (Å²) in [6.07, 6.45) is 2.51. The second-order valence-corrected chi connectivity index (χ2v) is 6.00. The Labute approximate surface area is 147 Å². The molecule has 1 aromatic heterocycles. The highest BCUT2D eigenvalue weighted by atomic mass is 32.1. The van der Waals surface area contributed by atoms with Crippen molar-refractivity contribution < 1.29 is 0 Å². The lowest BCUT2D eigenvalue weighted by Gasteiger charge is -2.13. The normalized spacial score (nSPS) is 10.6. The first-order chi connectivity index (χ1) is 11.6. The number of anilines is 1. The zero-order chi connectivity index (χ0) is 17.1. The van der Waals surface area contributed by atoms with Gasteiger partial charge in [0.1, 0.15) is 0 Å². The first kappa shape index (κ1) is 16.3. The van der Waals surface area contributed by atoms with Gasteiger partial charge in [-0.15, -0.1) is 12.6 Å². The maximum atomic E-state index is 8.10. The van der Waals surface area contributed by atoms with Crippen LogP contribution in [0, 0.1) is 5.41 Å². The molecule has 0 amide bonds. The zero-order valence-electron chi connectivity index (χ0n) is 13.7. The summed E-state index contributed by atoms with van der Waals surface area (Å²) in [6.45, 7) is 2.00. The molecule has 3 aromatic rings. The zero-order valence-corrected chi connectivity index (χ0v) is 14.6. The van der Waals surface area contributed by atoms with Crippen LogP contribution in [-0.4, -0.2) is 22.5 Å². The Morgan fingerprint density at radius 1 is 1.17 bits per heavy atom. The molecule has 0 spiro atoms. The van der Waals surface area contributed by atoms with Crippen LogP contribution in [0.3, 0.4) is 0 Å². The number of thiol groups is 1. The first-order valence-electron chi connectivity index (χ1n) is 7.87. The van der Waals surface area contributed by atoms with Crippen LogP contribution in [-0.2, 0) is 0 Å². The quantitative estimate of drug-likeness (QED) is 0.469. The Morgan fingerprint density at radius 2 is 1.92 bits per heavy atom. The Bertz CT molecular complexity index is 865. The van der Waals surface area contributed by atoms with Crippen molar-refractivity contribution in [2.24, 2.45) is 0 Å². The maximum Gasteiger partial charge on any atom is 0.0741 e. The molecule has 0 saturated carbocycles. The van der Waals surface area contributed by atoms with Gasteiger partial charge in [0.05, 0.1) is 17.6 Å². The van der Waals surface area contributed by atoms with Crippen molar-refractivity contribution in [1.82, 2.24) is 9.78 Å². The van der Waals surface area contributed by atoms with Crippen molar-refractivity contribution >= 4 is 24.0 Å². The van der Waals surface area contributed by atoms with E-state index in [4.69, 9.17) is 5.41 Å². The van der Waals surface area contributed by atoms with Gasteiger partial charge in [0.2, 0.25) is 0 Å². The molecule has 4 nitrogen and oxygen atoms in total. The topological polar surface area (TPSA) is 53.7 Å². The standard InChI is InChI=1S/C19H20N4S/c1-3-17(20)16-9-4-13(12-18(16)21-2)19-10-11-22-23(19)14-5-7-15(24)8-6-14/h4-12,20-21,24H,3H2,1-2H3. The van der Waals surface area contributed by atoms with Crippen LogP contribution in [0.4, 0.5) is 5.69 Å². The maximum absolute atomic E-state index is 8.10. The van der Waals surface area contributed by atoms with Gasteiger partial charge in [0.25, 0.3) is 0 Å². The molecule has 2 N–H and O–H groups in total. The SMILES string of the molecule is CCC(=N)c1ccc(-c2ccnn2-c2ccc(S)cc2)cc1NC. The molecular formula is C19H20N4S. The van der Waals surface area contributed by atoms with E-state index in [1.165, 1.54) is 0 Å². The Hall–Kier alpha value is -2.53. The van der Waals surface area contributed by atoms with Gasteiger partial charge in [0, 0.05) is 34.5 Å². The van der Waals surface area contributed by atoms with Crippen LogP contribution in [0.1, 0.15) is 18.9 Å². The van der Waals surface area contributed by atoms with E-state index in [-0.39, 0.29) is 0 Å². The van der Waals surface area contributed by atoms with E-state index in [0.717, 1.165) is 33.1 Å². The minimum absolute atomic E-state index is 0.628. The van der Waals surface area contributed by atoms with Crippen LogP contribution in [0.15, 0.2) is 59.6 Å². The number of hydrogen-bond donors (Lipinski definition) is 3. The summed E-state index contributed by atoms with van der Waals surface area (Å²) in [5, 5.41) is 15.7. The number of rotatable bonds is 5. The molecule has 3 rings (SSSR count). The Balaban J connectivity index is 2.06. The predicted octanol–water partition coefficient (Wildman–Crippen LogP) is 4.65. The van der Waals surface area contributed by atoms with E-state index >= 15 is 0 Å². The molecular weight excluding hydrogens is 316 g/mol. The lowest BCUT2D eigenvalue weighted by Crippen LogP contribution is -2.04. The second kappa shape index (κ2) is 6.93. The molecule has 24 heavy (non-hydrogen) atoms. The highest BCUT2D eigenvalue weighted by Crippen LogP contribution is 2.28. The highest BCUT2D eigenvalue weighted by molar-refractivity contribution is 7.80. The van der Waals surface area contributed by atoms with Crippen LogP contribution in [0.5, 0.6) is 0 Å². The predicted molar refractivity (Wildman–Crippen MR) is 103 cm³/mol. The summed E-state index contributed by atoms with van der Waals surface area (Å²) < 4.78 is 1.91. The molecule has 0 radical (unpaired) electrons. The third kappa shape index (κ3) is 3.08. The molecule has 1 heterocycles. The van der Waals surface area contributed by atoms with Gasteiger partial charge < -0.3 is 10.7 Å². The van der Waals surface area contributed by atoms with E-state index < -0.39 is 0 Å². The lowest BCUT2D eigenvalue weighted by molar-refractivity contribution is 0.886. The lowest BCUT2D eigenvalue weighted by atomic mass is 10.0. The average Bonchev–Trinajstić information content (AvgIpc) is 3.10. The summed E-state index contributed by atoms with van der Waals surface area (Å²) in [5.41, 5.74) is 5.58. The van der Waals surface area contributed by atoms with Gasteiger partial charge in [-0.2, -0.15) is 5.10 Å². The average molecular weight is 336 g/mol. The number of benzene rings is 2. The molecule has 5 heteroatoms. The smallest absolute Gasteiger partial charge is 0.0741 e. The van der Waals surface area contributed by atoms with Crippen molar-refractivity contribution in [1.29, 1.82) is 5.41 Å². The van der Waals surface area contributed by atoms with E-state index in [1.54, 1.807) is 6.20 Å². The van der Waals surface area contributed by atoms with Gasteiger partial charge in [-0.1, -0.05) is 19.1 Å². The Kier molecular flexibility index (Phi) is 4.71. The number of aromatic nitrogens is 2. The molecule has 0 aliphatic heterocycles. The third-order valence-corrected chi connectivity index (χ3v) is 4.30. The van der Waals surface area contributed by atoms with Crippen molar-refractivity contribution in [3.8, 4) is 16.9 Å². The summed E-state index contributed by atoms with van der Waals surface area (Å²) in [5.74, 6) is 0. The van der Waals surface area contributed by atoms with Gasteiger partial charge >= 0.3 is 0 Å². The largest absolute Gasteiger partial charge is 0.388 e. The fraction of sp³-hybridized carbons (Fsp3) is 0.158. The summed E-state index contributed by atoms with van der Waals surface area (Å²) in [7, 11) is 1.88. The molecule has 0 atom stereocenters. The molecule has 0 fully saturated rings. The highest BCUT2D eigenvalue weighted by Gasteiger charge is 2.11. The first-order valence-corrected chi connectivity index (χ1v) is 8.32. The van der Waals surface area contributed by atoms with Crippen molar-refractivity contribution in [2.75, 3.05) is 12.4 Å². The van der Waals surface area contributed by atoms with Crippen molar-refractivity contribution in [2.45, 2.75) is 18.2 Å². The van der Waals surface area contributed by atoms with Gasteiger partial charge in [-0.3, -0.25) is 0 Å². The molecule has 0 aliphatic rings. The number of hydrogen-bond acceptors (Lipinski definition) is 4. The van der Waals surface area contributed by atoms with E-state index in [1.807, 2.05) is 61.1 Å². The van der Waals surface area contributed by atoms with Gasteiger partial charge in [0.15, 0.2) is 0 Å². The van der Waals surface area contributed by atoms with Crippen molar-refractivity contribution in [3.63, 3.8) is 0 Å². The van der Waals surface area contributed by atoms with Crippen LogP contribution in [0.2, 0.25) is 0 Å². The minimum Gasteiger partial charge on any atom is -0.388 e. The van der Waals surface area contributed by atoms with E-state index in [2.05, 4.69) is 29.1 Å². The van der Waals surface area contributed by atoms with Crippen LogP contribution in [0.25, 0.3) is 16.9 Å². The molecule has 2 aromatic carbocycles. The Morgan fingerprint density at radius 3 is 2.58 bits per heavy atom. The fourth-order valence-electron chi connectivity index (χ4n) is 2.69. The van der Waals surface area contributed by atoms with Gasteiger partial charge in [-0.25, -0.2) is 4.68 Å². The monoisotopic (exact) mass is 336 g/mol. The number of nitrogens with zero attached hydrogens (tertiary/aromatic N) is 2. The van der Waals surface area contributed by atoms with Crippen LogP contribution >= 0.6 is 12.6 Å². The van der Waals surface area contributed by atoms with E-state index in [9.17, 15) is 0 Å². The van der Waals surface area contributed by atoms with Crippen molar-refractivity contribution in [3.05, 3.63) is 60.3 Å².